The largest absolute Gasteiger partial charge is 0.379 e. The van der Waals surface area contributed by atoms with E-state index in [9.17, 15) is 8.42 Å². The molecule has 0 saturated carbocycles. The predicted molar refractivity (Wildman–Crippen MR) is 80.3 cm³/mol. The van der Waals surface area contributed by atoms with Crippen LogP contribution in [0.5, 0.6) is 0 Å². The van der Waals surface area contributed by atoms with Crippen molar-refractivity contribution in [3.63, 3.8) is 0 Å². The van der Waals surface area contributed by atoms with Crippen molar-refractivity contribution >= 4 is 15.8 Å². The number of aromatic nitrogens is 1. The van der Waals surface area contributed by atoms with Crippen molar-refractivity contribution in [1.29, 1.82) is 0 Å². The van der Waals surface area contributed by atoms with E-state index in [2.05, 4.69) is 15.8 Å². The molecule has 0 atom stereocenters. The lowest BCUT2D eigenvalue weighted by Gasteiger charge is -2.26. The number of ether oxygens (including phenoxy) is 1. The number of hydrogen-bond donors (Lipinski definition) is 2. The SMILES string of the molecule is CC(C)(C)NNc1ccc(S(=O)(=O)N2CCOCC2)cn1. The van der Waals surface area contributed by atoms with Crippen LogP contribution in [-0.2, 0) is 14.8 Å². The molecule has 1 aliphatic rings. The standard InChI is InChI=1S/C13H22N4O3S/c1-13(2,3)16-15-12-5-4-11(10-14-12)21(18,19)17-6-8-20-9-7-17/h4-5,10,16H,6-9H2,1-3H3,(H,14,15). The molecular weight excluding hydrogens is 292 g/mol. The highest BCUT2D eigenvalue weighted by atomic mass is 32.2. The number of hydrazine groups is 1. The second-order valence-electron chi connectivity index (χ2n) is 5.90. The topological polar surface area (TPSA) is 83.6 Å². The third kappa shape index (κ3) is 4.37. The van der Waals surface area contributed by atoms with Gasteiger partial charge in [0.15, 0.2) is 0 Å². The number of pyridine rings is 1. The highest BCUT2D eigenvalue weighted by Crippen LogP contribution is 2.17. The van der Waals surface area contributed by atoms with E-state index in [1.165, 1.54) is 10.5 Å². The summed E-state index contributed by atoms with van der Waals surface area (Å²) >= 11 is 0. The zero-order valence-electron chi connectivity index (χ0n) is 12.6. The minimum absolute atomic E-state index is 0.111. The zero-order valence-corrected chi connectivity index (χ0v) is 13.4. The Labute approximate surface area is 125 Å². The van der Waals surface area contributed by atoms with Crippen molar-refractivity contribution in [2.45, 2.75) is 31.2 Å². The van der Waals surface area contributed by atoms with Crippen LogP contribution in [0.15, 0.2) is 23.2 Å². The first-order valence-corrected chi connectivity index (χ1v) is 8.30. The minimum Gasteiger partial charge on any atom is -0.379 e. The normalized spacial score (nSPS) is 17.7. The number of morpholine rings is 1. The molecule has 21 heavy (non-hydrogen) atoms. The Morgan fingerprint density at radius 3 is 2.43 bits per heavy atom. The maximum absolute atomic E-state index is 12.4. The van der Waals surface area contributed by atoms with Crippen molar-refractivity contribution in [2.75, 3.05) is 31.7 Å². The van der Waals surface area contributed by atoms with Crippen LogP contribution in [0.1, 0.15) is 20.8 Å². The lowest BCUT2D eigenvalue weighted by atomic mass is 10.1. The average Bonchev–Trinajstić information content (AvgIpc) is 2.46. The molecule has 0 aromatic carbocycles. The molecule has 1 aromatic heterocycles. The van der Waals surface area contributed by atoms with E-state index in [0.717, 1.165) is 0 Å². The number of hydrogen-bond acceptors (Lipinski definition) is 6. The first-order valence-electron chi connectivity index (χ1n) is 6.86. The fourth-order valence-electron chi connectivity index (χ4n) is 1.79. The summed E-state index contributed by atoms with van der Waals surface area (Å²) in [5, 5.41) is 0. The Bertz CT molecular complexity index is 560. The Hall–Kier alpha value is -1.22. The maximum Gasteiger partial charge on any atom is 0.244 e. The van der Waals surface area contributed by atoms with Crippen molar-refractivity contribution < 1.29 is 13.2 Å². The number of nitrogens with zero attached hydrogens (tertiary/aromatic N) is 2. The van der Waals surface area contributed by atoms with Crippen LogP contribution < -0.4 is 10.9 Å². The zero-order chi connectivity index (χ0) is 15.5. The summed E-state index contributed by atoms with van der Waals surface area (Å²) in [6.45, 7) is 7.66. The summed E-state index contributed by atoms with van der Waals surface area (Å²) in [4.78, 5) is 4.33. The highest BCUT2D eigenvalue weighted by Gasteiger charge is 2.26. The van der Waals surface area contributed by atoms with Gasteiger partial charge in [0, 0.05) is 24.8 Å². The lowest BCUT2D eigenvalue weighted by molar-refractivity contribution is 0.0730. The van der Waals surface area contributed by atoms with Gasteiger partial charge in [-0.25, -0.2) is 18.8 Å². The second kappa shape index (κ2) is 6.27. The molecule has 1 saturated heterocycles. The first kappa shape index (κ1) is 16.2. The van der Waals surface area contributed by atoms with Crippen LogP contribution in [0.4, 0.5) is 5.82 Å². The monoisotopic (exact) mass is 314 g/mol. The lowest BCUT2D eigenvalue weighted by Crippen LogP contribution is -2.41. The number of anilines is 1. The van der Waals surface area contributed by atoms with Gasteiger partial charge in [-0.1, -0.05) is 0 Å². The number of nitrogens with one attached hydrogen (secondary N) is 2. The van der Waals surface area contributed by atoms with Crippen molar-refractivity contribution in [3.05, 3.63) is 18.3 Å². The van der Waals surface area contributed by atoms with E-state index in [0.29, 0.717) is 32.1 Å². The smallest absolute Gasteiger partial charge is 0.244 e. The van der Waals surface area contributed by atoms with E-state index in [1.54, 1.807) is 12.1 Å². The van der Waals surface area contributed by atoms with Gasteiger partial charge in [0.1, 0.15) is 10.7 Å². The molecule has 0 amide bonds. The Morgan fingerprint density at radius 2 is 1.90 bits per heavy atom. The van der Waals surface area contributed by atoms with Gasteiger partial charge in [-0.15, -0.1) is 0 Å². The summed E-state index contributed by atoms with van der Waals surface area (Å²) < 4.78 is 31.4. The van der Waals surface area contributed by atoms with E-state index in [1.807, 2.05) is 20.8 Å². The van der Waals surface area contributed by atoms with Gasteiger partial charge in [-0.2, -0.15) is 4.31 Å². The highest BCUT2D eigenvalue weighted by molar-refractivity contribution is 7.89. The molecule has 2 heterocycles. The van der Waals surface area contributed by atoms with Crippen molar-refractivity contribution in [1.82, 2.24) is 14.7 Å². The summed E-state index contributed by atoms with van der Waals surface area (Å²) in [6, 6.07) is 3.20. The van der Waals surface area contributed by atoms with Gasteiger partial charge in [0.25, 0.3) is 0 Å². The molecule has 7 nitrogen and oxygen atoms in total. The molecule has 8 heteroatoms. The van der Waals surface area contributed by atoms with Crippen LogP contribution in [0.3, 0.4) is 0 Å². The number of rotatable bonds is 4. The van der Waals surface area contributed by atoms with Gasteiger partial charge in [-0.05, 0) is 32.9 Å². The molecule has 0 radical (unpaired) electrons. The molecule has 2 N–H and O–H groups in total. The molecule has 2 rings (SSSR count). The molecule has 118 valence electrons. The Balaban J connectivity index is 2.07. The number of sulfonamides is 1. The van der Waals surface area contributed by atoms with Gasteiger partial charge in [-0.3, -0.25) is 0 Å². The Morgan fingerprint density at radius 1 is 1.24 bits per heavy atom. The van der Waals surface area contributed by atoms with Crippen molar-refractivity contribution in [3.8, 4) is 0 Å². The molecule has 1 fully saturated rings. The van der Waals surface area contributed by atoms with E-state index in [4.69, 9.17) is 4.74 Å². The molecule has 1 aromatic rings. The average molecular weight is 314 g/mol. The first-order chi connectivity index (χ1) is 9.79. The Kier molecular flexibility index (Phi) is 4.82. The fraction of sp³-hybridized carbons (Fsp3) is 0.615. The molecular formula is C13H22N4O3S. The van der Waals surface area contributed by atoms with Gasteiger partial charge in [0.05, 0.1) is 13.2 Å². The third-order valence-corrected chi connectivity index (χ3v) is 4.79. The third-order valence-electron chi connectivity index (χ3n) is 2.91. The van der Waals surface area contributed by atoms with Crippen LogP contribution in [0, 0.1) is 0 Å². The summed E-state index contributed by atoms with van der Waals surface area (Å²) in [6.07, 6.45) is 1.37. The summed E-state index contributed by atoms with van der Waals surface area (Å²) in [5.74, 6) is 0.575. The quantitative estimate of drug-likeness (QED) is 0.801. The molecule has 0 unspecified atom stereocenters. The van der Waals surface area contributed by atoms with Crippen molar-refractivity contribution in [2.24, 2.45) is 0 Å². The van der Waals surface area contributed by atoms with Crippen LogP contribution in [0.25, 0.3) is 0 Å². The minimum atomic E-state index is -3.48. The molecule has 0 bridgehead atoms. The van der Waals surface area contributed by atoms with Crippen LogP contribution in [0.2, 0.25) is 0 Å². The van der Waals surface area contributed by atoms with E-state index in [-0.39, 0.29) is 10.4 Å². The maximum atomic E-state index is 12.4. The van der Waals surface area contributed by atoms with Crippen LogP contribution in [-0.4, -0.2) is 49.5 Å². The van der Waals surface area contributed by atoms with Gasteiger partial charge in [0.2, 0.25) is 10.0 Å². The van der Waals surface area contributed by atoms with Gasteiger partial charge >= 0.3 is 0 Å². The van der Waals surface area contributed by atoms with Crippen LogP contribution >= 0.6 is 0 Å². The second-order valence-corrected chi connectivity index (χ2v) is 7.83. The molecule has 0 aliphatic carbocycles. The van der Waals surface area contributed by atoms with Gasteiger partial charge < -0.3 is 10.2 Å². The van der Waals surface area contributed by atoms with E-state index < -0.39 is 10.0 Å². The fourth-order valence-corrected chi connectivity index (χ4v) is 3.15. The summed E-state index contributed by atoms with van der Waals surface area (Å²) in [7, 11) is -3.48. The summed E-state index contributed by atoms with van der Waals surface area (Å²) in [5.41, 5.74) is 5.91. The molecule has 1 aliphatic heterocycles. The molecule has 0 spiro atoms. The predicted octanol–water partition coefficient (Wildman–Crippen LogP) is 0.817. The van der Waals surface area contributed by atoms with E-state index >= 15 is 0 Å².